The Labute approximate surface area is 111 Å². The number of aromatic nitrogens is 4. The highest BCUT2D eigenvalue weighted by Gasteiger charge is 2.32. The molecule has 6 heteroatoms. The fraction of sp³-hybridized carbons (Fsp3) is 0.385. The minimum atomic E-state index is -0.0336. The molecule has 3 rings (SSSR count). The Balaban J connectivity index is 1.86. The molecule has 1 amide bonds. The summed E-state index contributed by atoms with van der Waals surface area (Å²) in [5, 5.41) is 0. The monoisotopic (exact) mass is 257 g/mol. The molecular formula is C13H15N5O. The van der Waals surface area contributed by atoms with Crippen molar-refractivity contribution in [1.29, 1.82) is 0 Å². The van der Waals surface area contributed by atoms with E-state index >= 15 is 0 Å². The number of aryl methyl sites for hydroxylation is 1. The summed E-state index contributed by atoms with van der Waals surface area (Å²) in [6, 6.07) is 0.0169. The van der Waals surface area contributed by atoms with Crippen molar-refractivity contribution in [3.05, 3.63) is 42.5 Å². The van der Waals surface area contributed by atoms with Crippen LogP contribution in [0.5, 0.6) is 0 Å². The van der Waals surface area contributed by atoms with Gasteiger partial charge in [0.2, 0.25) is 0 Å². The average Bonchev–Trinajstić information content (AvgIpc) is 3.07. The lowest BCUT2D eigenvalue weighted by atomic mass is 10.1. The number of imidazole rings is 1. The molecule has 1 aliphatic heterocycles. The van der Waals surface area contributed by atoms with Crippen LogP contribution in [0.1, 0.15) is 35.1 Å². The van der Waals surface area contributed by atoms with Gasteiger partial charge in [0.15, 0.2) is 0 Å². The fourth-order valence-corrected chi connectivity index (χ4v) is 2.47. The lowest BCUT2D eigenvalue weighted by molar-refractivity contribution is 0.0727. The molecule has 98 valence electrons. The van der Waals surface area contributed by atoms with Crippen LogP contribution in [0.4, 0.5) is 0 Å². The van der Waals surface area contributed by atoms with Crippen molar-refractivity contribution in [3.8, 4) is 0 Å². The van der Waals surface area contributed by atoms with Gasteiger partial charge >= 0.3 is 0 Å². The molecule has 1 saturated heterocycles. The SMILES string of the molecule is Cn1cnc(C(=O)N2CCC[C@@H]2c2cnccn2)c1. The minimum absolute atomic E-state index is 0.0169. The van der Waals surface area contributed by atoms with Gasteiger partial charge in [-0.25, -0.2) is 4.98 Å². The first-order valence-electron chi connectivity index (χ1n) is 6.30. The molecule has 2 aromatic rings. The van der Waals surface area contributed by atoms with Crippen LogP contribution in [-0.2, 0) is 7.05 Å². The van der Waals surface area contributed by atoms with Gasteiger partial charge in [-0.3, -0.25) is 14.8 Å². The van der Waals surface area contributed by atoms with Crippen molar-refractivity contribution in [2.45, 2.75) is 18.9 Å². The van der Waals surface area contributed by atoms with Gasteiger partial charge in [-0.05, 0) is 12.8 Å². The van der Waals surface area contributed by atoms with E-state index in [2.05, 4.69) is 15.0 Å². The molecule has 0 unspecified atom stereocenters. The predicted octanol–water partition coefficient (Wildman–Crippen LogP) is 1.19. The molecule has 0 saturated carbocycles. The molecule has 2 aromatic heterocycles. The molecule has 6 nitrogen and oxygen atoms in total. The maximum Gasteiger partial charge on any atom is 0.274 e. The highest BCUT2D eigenvalue weighted by Crippen LogP contribution is 2.31. The molecule has 0 aliphatic carbocycles. The molecule has 0 N–H and O–H groups in total. The zero-order valence-corrected chi connectivity index (χ0v) is 10.7. The summed E-state index contributed by atoms with van der Waals surface area (Å²) in [4.78, 5) is 26.8. The third kappa shape index (κ3) is 2.21. The summed E-state index contributed by atoms with van der Waals surface area (Å²) in [5.74, 6) is -0.0336. The Hall–Kier alpha value is -2.24. The lowest BCUT2D eigenvalue weighted by Crippen LogP contribution is -2.31. The van der Waals surface area contributed by atoms with E-state index in [0.29, 0.717) is 5.69 Å². The fourth-order valence-electron chi connectivity index (χ4n) is 2.47. The second-order valence-corrected chi connectivity index (χ2v) is 4.71. The molecule has 1 fully saturated rings. The van der Waals surface area contributed by atoms with Gasteiger partial charge in [-0.15, -0.1) is 0 Å². The zero-order chi connectivity index (χ0) is 13.2. The summed E-state index contributed by atoms with van der Waals surface area (Å²) in [7, 11) is 1.86. The quantitative estimate of drug-likeness (QED) is 0.810. The number of carbonyl (C=O) groups is 1. The van der Waals surface area contributed by atoms with Crippen LogP contribution in [0.15, 0.2) is 31.1 Å². The van der Waals surface area contributed by atoms with Crippen LogP contribution in [0.25, 0.3) is 0 Å². The van der Waals surface area contributed by atoms with E-state index in [1.165, 1.54) is 0 Å². The van der Waals surface area contributed by atoms with Gasteiger partial charge in [0.25, 0.3) is 5.91 Å². The standard InChI is InChI=1S/C13H15N5O/c1-17-8-11(16-9-17)13(19)18-6-2-3-12(18)10-7-14-4-5-15-10/h4-5,7-9,12H,2-3,6H2,1H3/t12-/m1/s1. The number of carbonyl (C=O) groups excluding carboxylic acids is 1. The van der Waals surface area contributed by atoms with Crippen molar-refractivity contribution in [2.75, 3.05) is 6.54 Å². The second-order valence-electron chi connectivity index (χ2n) is 4.71. The van der Waals surface area contributed by atoms with E-state index in [4.69, 9.17) is 0 Å². The molecule has 0 radical (unpaired) electrons. The Morgan fingerprint density at radius 3 is 2.95 bits per heavy atom. The molecule has 1 atom stereocenters. The number of nitrogens with zero attached hydrogens (tertiary/aromatic N) is 5. The molecular weight excluding hydrogens is 242 g/mol. The van der Waals surface area contributed by atoms with Crippen molar-refractivity contribution < 1.29 is 4.79 Å². The van der Waals surface area contributed by atoms with Crippen LogP contribution in [0.3, 0.4) is 0 Å². The minimum Gasteiger partial charge on any atom is -0.340 e. The third-order valence-electron chi connectivity index (χ3n) is 3.36. The highest BCUT2D eigenvalue weighted by atomic mass is 16.2. The number of likely N-dealkylation sites (tertiary alicyclic amines) is 1. The van der Waals surface area contributed by atoms with Crippen LogP contribution in [-0.4, -0.2) is 36.9 Å². The molecule has 0 aromatic carbocycles. The van der Waals surface area contributed by atoms with Gasteiger partial charge in [0, 0.05) is 32.2 Å². The summed E-state index contributed by atoms with van der Waals surface area (Å²) >= 11 is 0. The first-order chi connectivity index (χ1) is 9.25. The van der Waals surface area contributed by atoms with Crippen molar-refractivity contribution in [1.82, 2.24) is 24.4 Å². The highest BCUT2D eigenvalue weighted by molar-refractivity contribution is 5.92. The second kappa shape index (κ2) is 4.79. The molecule has 0 spiro atoms. The van der Waals surface area contributed by atoms with Gasteiger partial charge in [-0.2, -0.15) is 0 Å². The van der Waals surface area contributed by atoms with Crippen molar-refractivity contribution >= 4 is 5.91 Å². The Bertz CT molecular complexity index is 580. The van der Waals surface area contributed by atoms with Gasteiger partial charge in [0.05, 0.1) is 24.3 Å². The number of amides is 1. The van der Waals surface area contributed by atoms with Crippen LogP contribution in [0, 0.1) is 0 Å². The molecule has 0 bridgehead atoms. The van der Waals surface area contributed by atoms with Gasteiger partial charge in [0.1, 0.15) is 5.69 Å². The maximum atomic E-state index is 12.4. The molecule has 19 heavy (non-hydrogen) atoms. The van der Waals surface area contributed by atoms with Crippen LogP contribution >= 0.6 is 0 Å². The Kier molecular flexibility index (Phi) is 2.98. The normalized spacial score (nSPS) is 18.8. The van der Waals surface area contributed by atoms with Crippen molar-refractivity contribution in [2.24, 2.45) is 7.05 Å². The number of hydrogen-bond acceptors (Lipinski definition) is 4. The summed E-state index contributed by atoms with van der Waals surface area (Å²) in [6.45, 7) is 0.747. The number of rotatable bonds is 2. The third-order valence-corrected chi connectivity index (χ3v) is 3.36. The summed E-state index contributed by atoms with van der Waals surface area (Å²) < 4.78 is 1.78. The lowest BCUT2D eigenvalue weighted by Gasteiger charge is -2.23. The largest absolute Gasteiger partial charge is 0.340 e. The zero-order valence-electron chi connectivity index (χ0n) is 10.7. The van der Waals surface area contributed by atoms with Crippen molar-refractivity contribution in [3.63, 3.8) is 0 Å². The topological polar surface area (TPSA) is 63.9 Å². The first-order valence-corrected chi connectivity index (χ1v) is 6.30. The van der Waals surface area contributed by atoms with Crippen LogP contribution in [0.2, 0.25) is 0 Å². The maximum absolute atomic E-state index is 12.4. The van der Waals surface area contributed by atoms with Gasteiger partial charge in [-0.1, -0.05) is 0 Å². The van der Waals surface area contributed by atoms with E-state index in [9.17, 15) is 4.79 Å². The Morgan fingerprint density at radius 2 is 2.26 bits per heavy atom. The average molecular weight is 257 g/mol. The smallest absolute Gasteiger partial charge is 0.274 e. The Morgan fingerprint density at radius 1 is 1.37 bits per heavy atom. The van der Waals surface area contributed by atoms with E-state index in [0.717, 1.165) is 25.1 Å². The predicted molar refractivity (Wildman–Crippen MR) is 68.3 cm³/mol. The molecule has 1 aliphatic rings. The van der Waals surface area contributed by atoms with E-state index in [1.54, 1.807) is 35.7 Å². The van der Waals surface area contributed by atoms with E-state index < -0.39 is 0 Å². The number of hydrogen-bond donors (Lipinski definition) is 0. The summed E-state index contributed by atoms with van der Waals surface area (Å²) in [6.07, 6.45) is 10.3. The first kappa shape index (κ1) is 11.8. The van der Waals surface area contributed by atoms with Crippen LogP contribution < -0.4 is 0 Å². The van der Waals surface area contributed by atoms with Gasteiger partial charge < -0.3 is 9.47 Å². The molecule has 3 heterocycles. The summed E-state index contributed by atoms with van der Waals surface area (Å²) in [5.41, 5.74) is 1.34. The van der Waals surface area contributed by atoms with E-state index in [1.807, 2.05) is 11.9 Å². The van der Waals surface area contributed by atoms with E-state index in [-0.39, 0.29) is 11.9 Å².